The zero-order valence-corrected chi connectivity index (χ0v) is 16.2. The summed E-state index contributed by atoms with van der Waals surface area (Å²) in [4.78, 5) is 2.23. The molecule has 3 aliphatic rings. The maximum absolute atomic E-state index is 11.6. The molecule has 7 heteroatoms. The molecule has 4 rings (SSSR count). The molecule has 1 aromatic carbocycles. The Hall–Kier alpha value is -1.31. The first-order valence-electron chi connectivity index (χ1n) is 9.66. The van der Waals surface area contributed by atoms with Gasteiger partial charge in [0.05, 0.1) is 12.9 Å². The van der Waals surface area contributed by atoms with Gasteiger partial charge in [-0.1, -0.05) is 0 Å². The normalized spacial score (nSPS) is 29.7. The summed E-state index contributed by atoms with van der Waals surface area (Å²) < 4.78 is 30.8. The van der Waals surface area contributed by atoms with Crippen LogP contribution in [0.2, 0.25) is 0 Å². The van der Waals surface area contributed by atoms with E-state index >= 15 is 0 Å². The van der Waals surface area contributed by atoms with Gasteiger partial charge in [-0.2, -0.15) is 4.31 Å². The lowest BCUT2D eigenvalue weighted by Crippen LogP contribution is -2.48. The van der Waals surface area contributed by atoms with Crippen molar-refractivity contribution in [2.24, 2.45) is 5.92 Å². The number of nitrogens with zero attached hydrogens (tertiary/aromatic N) is 2. The van der Waals surface area contributed by atoms with Crippen molar-refractivity contribution >= 4 is 15.7 Å². The molecule has 0 saturated carbocycles. The summed E-state index contributed by atoms with van der Waals surface area (Å²) in [7, 11) is -3.08. The molecule has 3 aliphatic heterocycles. The number of piperidine rings is 1. The van der Waals surface area contributed by atoms with Crippen LogP contribution in [0.15, 0.2) is 24.3 Å². The summed E-state index contributed by atoms with van der Waals surface area (Å²) in [5, 5.41) is 3.67. The summed E-state index contributed by atoms with van der Waals surface area (Å²) in [5.41, 5.74) is 1.13. The standard InChI is InChI=1S/C19H29N3O3S/c1-26(23,24)22-10-8-21(9-11-22)18-4-6-19(7-5-18)25-14-15-12-16-2-3-17(13-15)20-16/h4-7,15-17,20H,2-3,8-14H2,1H3/t15?,16-,17+. The number of piperazine rings is 1. The van der Waals surface area contributed by atoms with Crippen LogP contribution in [-0.4, -0.2) is 63.8 Å². The van der Waals surface area contributed by atoms with Crippen molar-refractivity contribution in [2.45, 2.75) is 37.8 Å². The minimum absolute atomic E-state index is 0.551. The summed E-state index contributed by atoms with van der Waals surface area (Å²) in [6.07, 6.45) is 6.39. The number of sulfonamides is 1. The van der Waals surface area contributed by atoms with Crippen molar-refractivity contribution in [1.29, 1.82) is 0 Å². The largest absolute Gasteiger partial charge is 0.493 e. The Kier molecular flexibility index (Phi) is 5.12. The lowest BCUT2D eigenvalue weighted by molar-refractivity contribution is 0.190. The van der Waals surface area contributed by atoms with Gasteiger partial charge in [-0.25, -0.2) is 8.42 Å². The van der Waals surface area contributed by atoms with Crippen molar-refractivity contribution in [3.8, 4) is 5.75 Å². The summed E-state index contributed by atoms with van der Waals surface area (Å²) in [6, 6.07) is 9.64. The van der Waals surface area contributed by atoms with Crippen LogP contribution in [-0.2, 0) is 10.0 Å². The molecule has 0 spiro atoms. The molecular weight excluding hydrogens is 350 g/mol. The van der Waals surface area contributed by atoms with Gasteiger partial charge in [-0.3, -0.25) is 0 Å². The average Bonchev–Trinajstić information content (AvgIpc) is 2.98. The van der Waals surface area contributed by atoms with Crippen LogP contribution in [0, 0.1) is 5.92 Å². The molecule has 3 fully saturated rings. The Bertz CT molecular complexity index is 702. The fraction of sp³-hybridized carbons (Fsp3) is 0.684. The third-order valence-electron chi connectivity index (χ3n) is 5.97. The number of ether oxygens (including phenoxy) is 1. The second kappa shape index (κ2) is 7.37. The molecule has 1 unspecified atom stereocenters. The highest BCUT2D eigenvalue weighted by Gasteiger charge is 2.33. The van der Waals surface area contributed by atoms with E-state index < -0.39 is 10.0 Å². The van der Waals surface area contributed by atoms with Crippen LogP contribution in [0.1, 0.15) is 25.7 Å². The molecule has 0 aliphatic carbocycles. The van der Waals surface area contributed by atoms with E-state index in [0.29, 0.717) is 31.1 Å². The van der Waals surface area contributed by atoms with Crippen molar-refractivity contribution < 1.29 is 13.2 Å². The summed E-state index contributed by atoms with van der Waals surface area (Å²) in [5.74, 6) is 1.59. The molecule has 144 valence electrons. The number of rotatable bonds is 5. The van der Waals surface area contributed by atoms with Gasteiger partial charge in [0.25, 0.3) is 0 Å². The van der Waals surface area contributed by atoms with E-state index in [1.165, 1.54) is 31.9 Å². The molecule has 26 heavy (non-hydrogen) atoms. The Morgan fingerprint density at radius 2 is 1.65 bits per heavy atom. The maximum atomic E-state index is 11.6. The van der Waals surface area contributed by atoms with Gasteiger partial charge in [0, 0.05) is 44.0 Å². The molecule has 0 aromatic heterocycles. The molecule has 3 heterocycles. The lowest BCUT2D eigenvalue weighted by atomic mass is 9.93. The molecule has 3 atom stereocenters. The highest BCUT2D eigenvalue weighted by molar-refractivity contribution is 7.88. The monoisotopic (exact) mass is 379 g/mol. The second-order valence-electron chi connectivity index (χ2n) is 7.93. The van der Waals surface area contributed by atoms with Gasteiger partial charge < -0.3 is 15.0 Å². The van der Waals surface area contributed by atoms with Crippen LogP contribution in [0.25, 0.3) is 0 Å². The zero-order chi connectivity index (χ0) is 18.1. The predicted octanol–water partition coefficient (Wildman–Crippen LogP) is 1.68. The van der Waals surface area contributed by atoms with Gasteiger partial charge in [0.1, 0.15) is 5.75 Å². The first kappa shape index (κ1) is 18.1. The Morgan fingerprint density at radius 1 is 1.04 bits per heavy atom. The molecule has 6 nitrogen and oxygen atoms in total. The SMILES string of the molecule is CS(=O)(=O)N1CCN(c2ccc(OCC3C[C@H]4CC[C@@H](C3)N4)cc2)CC1. The minimum atomic E-state index is -3.08. The summed E-state index contributed by atoms with van der Waals surface area (Å²) in [6.45, 7) is 3.36. The van der Waals surface area contributed by atoms with E-state index in [-0.39, 0.29) is 0 Å². The van der Waals surface area contributed by atoms with Crippen molar-refractivity contribution in [3.05, 3.63) is 24.3 Å². The topological polar surface area (TPSA) is 61.9 Å². The fourth-order valence-corrected chi connectivity index (χ4v) is 5.38. The smallest absolute Gasteiger partial charge is 0.211 e. The van der Waals surface area contributed by atoms with Gasteiger partial charge >= 0.3 is 0 Å². The van der Waals surface area contributed by atoms with Gasteiger partial charge in [-0.05, 0) is 55.9 Å². The Morgan fingerprint density at radius 3 is 2.23 bits per heavy atom. The van der Waals surface area contributed by atoms with Crippen LogP contribution >= 0.6 is 0 Å². The number of anilines is 1. The first-order valence-corrected chi connectivity index (χ1v) is 11.5. The van der Waals surface area contributed by atoms with E-state index in [2.05, 4.69) is 22.3 Å². The number of benzene rings is 1. The van der Waals surface area contributed by atoms with E-state index in [9.17, 15) is 8.42 Å². The van der Waals surface area contributed by atoms with Crippen LogP contribution in [0.5, 0.6) is 5.75 Å². The second-order valence-corrected chi connectivity index (χ2v) is 9.91. The van der Waals surface area contributed by atoms with Crippen LogP contribution < -0.4 is 15.0 Å². The third kappa shape index (κ3) is 4.15. The highest BCUT2D eigenvalue weighted by atomic mass is 32.2. The van der Waals surface area contributed by atoms with Crippen molar-refractivity contribution in [2.75, 3.05) is 43.9 Å². The highest BCUT2D eigenvalue weighted by Crippen LogP contribution is 2.31. The molecule has 1 aromatic rings. The molecule has 2 bridgehead atoms. The van der Waals surface area contributed by atoms with E-state index in [4.69, 9.17) is 4.74 Å². The van der Waals surface area contributed by atoms with Gasteiger partial charge in [-0.15, -0.1) is 0 Å². The van der Waals surface area contributed by atoms with Crippen molar-refractivity contribution in [3.63, 3.8) is 0 Å². The number of fused-ring (bicyclic) bond motifs is 2. The predicted molar refractivity (Wildman–Crippen MR) is 103 cm³/mol. The molecule has 0 radical (unpaired) electrons. The Balaban J connectivity index is 1.27. The lowest BCUT2D eigenvalue weighted by Gasteiger charge is -2.34. The number of hydrogen-bond acceptors (Lipinski definition) is 5. The maximum Gasteiger partial charge on any atom is 0.211 e. The third-order valence-corrected chi connectivity index (χ3v) is 7.27. The average molecular weight is 380 g/mol. The number of nitrogens with one attached hydrogen (secondary N) is 1. The first-order chi connectivity index (χ1) is 12.5. The van der Waals surface area contributed by atoms with Crippen molar-refractivity contribution in [1.82, 2.24) is 9.62 Å². The quantitative estimate of drug-likeness (QED) is 0.843. The summed E-state index contributed by atoms with van der Waals surface area (Å²) >= 11 is 0. The van der Waals surface area contributed by atoms with E-state index in [1.54, 1.807) is 4.31 Å². The number of hydrogen-bond donors (Lipinski definition) is 1. The molecule has 1 N–H and O–H groups in total. The molecule has 0 amide bonds. The molecule has 3 saturated heterocycles. The minimum Gasteiger partial charge on any atom is -0.493 e. The zero-order valence-electron chi connectivity index (χ0n) is 15.4. The fourth-order valence-electron chi connectivity index (χ4n) is 4.56. The van der Waals surface area contributed by atoms with Crippen LogP contribution in [0.3, 0.4) is 0 Å². The van der Waals surface area contributed by atoms with Gasteiger partial charge in [0.15, 0.2) is 0 Å². The molecular formula is C19H29N3O3S. The van der Waals surface area contributed by atoms with Crippen LogP contribution in [0.4, 0.5) is 5.69 Å². The van der Waals surface area contributed by atoms with E-state index in [1.807, 2.05) is 12.1 Å². The van der Waals surface area contributed by atoms with E-state index in [0.717, 1.165) is 31.1 Å². The Labute approximate surface area is 156 Å². The van der Waals surface area contributed by atoms with Gasteiger partial charge in [0.2, 0.25) is 10.0 Å².